The Morgan fingerprint density at radius 2 is 1.83 bits per heavy atom. The van der Waals surface area contributed by atoms with Crippen LogP contribution < -0.4 is 0 Å². The van der Waals surface area contributed by atoms with Crippen molar-refractivity contribution in [2.45, 2.75) is 41.0 Å². The number of rotatable bonds is 1. The second-order valence-corrected chi connectivity index (χ2v) is 4.80. The minimum atomic E-state index is 0.752. The standard InChI is InChI=1S/C12H22/c1-8(2)12-6-9(3)11(5)10(4)7-12/h6,8-11H,7H2,1-5H3. The summed E-state index contributed by atoms with van der Waals surface area (Å²) < 4.78 is 0. The van der Waals surface area contributed by atoms with Gasteiger partial charge in [0.2, 0.25) is 0 Å². The fourth-order valence-corrected chi connectivity index (χ4v) is 2.06. The average Bonchev–Trinajstić information content (AvgIpc) is 1.99. The SMILES string of the molecule is CC(C)C1=CC(C)C(C)C(C)C1. The van der Waals surface area contributed by atoms with Crippen LogP contribution in [0, 0.1) is 23.7 Å². The lowest BCUT2D eigenvalue weighted by molar-refractivity contribution is 0.288. The summed E-state index contributed by atoms with van der Waals surface area (Å²) in [5, 5.41) is 0. The van der Waals surface area contributed by atoms with E-state index in [0.29, 0.717) is 0 Å². The van der Waals surface area contributed by atoms with Crippen LogP contribution >= 0.6 is 0 Å². The summed E-state index contributed by atoms with van der Waals surface area (Å²) in [5.74, 6) is 3.28. The normalized spacial score (nSPS) is 36.8. The second-order valence-electron chi connectivity index (χ2n) is 4.80. The molecule has 0 bridgehead atoms. The molecule has 1 aliphatic rings. The van der Waals surface area contributed by atoms with E-state index in [0.717, 1.165) is 23.7 Å². The Labute approximate surface area is 77.1 Å². The first-order chi connectivity index (χ1) is 5.52. The van der Waals surface area contributed by atoms with Crippen LogP contribution in [0.5, 0.6) is 0 Å². The summed E-state index contributed by atoms with van der Waals surface area (Å²) in [6.07, 6.45) is 3.82. The molecule has 0 aliphatic heterocycles. The van der Waals surface area contributed by atoms with Gasteiger partial charge in [-0.1, -0.05) is 46.3 Å². The lowest BCUT2D eigenvalue weighted by Crippen LogP contribution is -2.22. The van der Waals surface area contributed by atoms with Crippen molar-refractivity contribution in [3.63, 3.8) is 0 Å². The topological polar surface area (TPSA) is 0 Å². The number of hydrogen-bond donors (Lipinski definition) is 0. The maximum atomic E-state index is 2.50. The predicted molar refractivity (Wildman–Crippen MR) is 55.0 cm³/mol. The monoisotopic (exact) mass is 166 g/mol. The van der Waals surface area contributed by atoms with Crippen LogP contribution in [-0.2, 0) is 0 Å². The van der Waals surface area contributed by atoms with Gasteiger partial charge in [0.05, 0.1) is 0 Å². The molecule has 0 saturated heterocycles. The van der Waals surface area contributed by atoms with E-state index in [2.05, 4.69) is 40.7 Å². The molecule has 0 aromatic heterocycles. The molecule has 1 aliphatic carbocycles. The number of hydrogen-bond acceptors (Lipinski definition) is 0. The van der Waals surface area contributed by atoms with Crippen LogP contribution in [0.15, 0.2) is 11.6 Å². The van der Waals surface area contributed by atoms with Crippen LogP contribution in [0.3, 0.4) is 0 Å². The van der Waals surface area contributed by atoms with E-state index >= 15 is 0 Å². The van der Waals surface area contributed by atoms with Crippen LogP contribution in [0.1, 0.15) is 41.0 Å². The lowest BCUT2D eigenvalue weighted by Gasteiger charge is -2.32. The molecular formula is C12H22. The predicted octanol–water partition coefficient (Wildman–Crippen LogP) is 3.88. The summed E-state index contributed by atoms with van der Waals surface area (Å²) in [6, 6.07) is 0. The van der Waals surface area contributed by atoms with E-state index in [1.54, 1.807) is 5.57 Å². The third kappa shape index (κ3) is 1.91. The van der Waals surface area contributed by atoms with Gasteiger partial charge in [0.1, 0.15) is 0 Å². The highest BCUT2D eigenvalue weighted by atomic mass is 14.3. The zero-order valence-electron chi connectivity index (χ0n) is 9.09. The van der Waals surface area contributed by atoms with Crippen LogP contribution in [0.4, 0.5) is 0 Å². The summed E-state index contributed by atoms with van der Waals surface area (Å²) in [6.45, 7) is 11.7. The zero-order chi connectivity index (χ0) is 9.30. The van der Waals surface area contributed by atoms with Crippen molar-refractivity contribution < 1.29 is 0 Å². The van der Waals surface area contributed by atoms with E-state index in [4.69, 9.17) is 0 Å². The molecule has 0 aromatic rings. The third-order valence-electron chi connectivity index (χ3n) is 3.50. The highest BCUT2D eigenvalue weighted by molar-refractivity contribution is 5.12. The van der Waals surface area contributed by atoms with E-state index in [-0.39, 0.29) is 0 Å². The quantitative estimate of drug-likeness (QED) is 0.519. The molecule has 12 heavy (non-hydrogen) atoms. The van der Waals surface area contributed by atoms with E-state index in [1.807, 2.05) is 0 Å². The van der Waals surface area contributed by atoms with Crippen LogP contribution in [0.2, 0.25) is 0 Å². The molecule has 70 valence electrons. The van der Waals surface area contributed by atoms with Gasteiger partial charge < -0.3 is 0 Å². The van der Waals surface area contributed by atoms with E-state index in [1.165, 1.54) is 6.42 Å². The molecule has 0 nitrogen and oxygen atoms in total. The molecule has 3 atom stereocenters. The Morgan fingerprint density at radius 3 is 2.25 bits per heavy atom. The van der Waals surface area contributed by atoms with Gasteiger partial charge in [0, 0.05) is 0 Å². The van der Waals surface area contributed by atoms with Gasteiger partial charge in [-0.2, -0.15) is 0 Å². The Kier molecular flexibility index (Phi) is 2.98. The molecule has 0 fully saturated rings. The van der Waals surface area contributed by atoms with E-state index in [9.17, 15) is 0 Å². The fourth-order valence-electron chi connectivity index (χ4n) is 2.06. The maximum Gasteiger partial charge on any atom is -0.0231 e. The molecule has 3 unspecified atom stereocenters. The molecule has 0 heterocycles. The minimum Gasteiger partial charge on any atom is -0.0819 e. The molecular weight excluding hydrogens is 144 g/mol. The Morgan fingerprint density at radius 1 is 1.25 bits per heavy atom. The molecule has 0 aromatic carbocycles. The second kappa shape index (κ2) is 3.64. The average molecular weight is 166 g/mol. The van der Waals surface area contributed by atoms with Crippen molar-refractivity contribution in [3.05, 3.63) is 11.6 Å². The largest absolute Gasteiger partial charge is 0.0819 e. The highest BCUT2D eigenvalue weighted by Gasteiger charge is 2.24. The first kappa shape index (κ1) is 9.83. The van der Waals surface area contributed by atoms with Crippen molar-refractivity contribution in [1.82, 2.24) is 0 Å². The van der Waals surface area contributed by atoms with Crippen molar-refractivity contribution >= 4 is 0 Å². The molecule has 1 rings (SSSR count). The zero-order valence-corrected chi connectivity index (χ0v) is 9.09. The van der Waals surface area contributed by atoms with Gasteiger partial charge in [-0.15, -0.1) is 0 Å². The molecule has 0 radical (unpaired) electrons. The third-order valence-corrected chi connectivity index (χ3v) is 3.50. The van der Waals surface area contributed by atoms with Gasteiger partial charge in [-0.05, 0) is 30.1 Å². The van der Waals surface area contributed by atoms with Crippen LogP contribution in [-0.4, -0.2) is 0 Å². The highest BCUT2D eigenvalue weighted by Crippen LogP contribution is 2.35. The summed E-state index contributed by atoms with van der Waals surface area (Å²) in [7, 11) is 0. The molecule has 0 N–H and O–H groups in total. The van der Waals surface area contributed by atoms with Crippen molar-refractivity contribution in [2.24, 2.45) is 23.7 Å². The Hall–Kier alpha value is -0.260. The van der Waals surface area contributed by atoms with Crippen molar-refractivity contribution in [1.29, 1.82) is 0 Å². The Bertz CT molecular complexity index is 176. The van der Waals surface area contributed by atoms with Crippen LogP contribution in [0.25, 0.3) is 0 Å². The van der Waals surface area contributed by atoms with Gasteiger partial charge in [-0.25, -0.2) is 0 Å². The minimum absolute atomic E-state index is 0.752. The van der Waals surface area contributed by atoms with Gasteiger partial charge in [0.15, 0.2) is 0 Å². The molecule has 0 saturated carbocycles. The summed E-state index contributed by atoms with van der Waals surface area (Å²) in [5.41, 5.74) is 1.67. The van der Waals surface area contributed by atoms with Gasteiger partial charge in [-0.3, -0.25) is 0 Å². The first-order valence-corrected chi connectivity index (χ1v) is 5.23. The van der Waals surface area contributed by atoms with Gasteiger partial charge >= 0.3 is 0 Å². The smallest absolute Gasteiger partial charge is 0.0231 e. The van der Waals surface area contributed by atoms with Gasteiger partial charge in [0.25, 0.3) is 0 Å². The maximum absolute atomic E-state index is 2.50. The summed E-state index contributed by atoms with van der Waals surface area (Å²) >= 11 is 0. The first-order valence-electron chi connectivity index (χ1n) is 5.23. The lowest BCUT2D eigenvalue weighted by atomic mass is 9.73. The van der Waals surface area contributed by atoms with Crippen molar-refractivity contribution in [2.75, 3.05) is 0 Å². The van der Waals surface area contributed by atoms with Crippen molar-refractivity contribution in [3.8, 4) is 0 Å². The molecule has 0 heteroatoms. The molecule has 0 spiro atoms. The summed E-state index contributed by atoms with van der Waals surface area (Å²) in [4.78, 5) is 0. The number of allylic oxidation sites excluding steroid dienone is 2. The Balaban J connectivity index is 2.74. The fraction of sp³-hybridized carbons (Fsp3) is 0.833. The van der Waals surface area contributed by atoms with E-state index < -0.39 is 0 Å². The molecule has 0 amide bonds.